The Balaban J connectivity index is 1.60. The van der Waals surface area contributed by atoms with E-state index in [0.29, 0.717) is 17.1 Å². The Labute approximate surface area is 158 Å². The van der Waals surface area contributed by atoms with Crippen molar-refractivity contribution in [3.63, 3.8) is 0 Å². The van der Waals surface area contributed by atoms with Gasteiger partial charge in [0.1, 0.15) is 11.6 Å². The average molecular weight is 362 g/mol. The molecule has 6 heteroatoms. The monoisotopic (exact) mass is 362 g/mol. The van der Waals surface area contributed by atoms with E-state index in [1.54, 1.807) is 50.0 Å². The van der Waals surface area contributed by atoms with Gasteiger partial charge in [0.05, 0.1) is 24.6 Å². The first-order chi connectivity index (χ1) is 13.2. The molecule has 1 amide bonds. The lowest BCUT2D eigenvalue weighted by Crippen LogP contribution is -2.20. The first-order valence-corrected chi connectivity index (χ1v) is 8.68. The van der Waals surface area contributed by atoms with Crippen molar-refractivity contribution >= 4 is 17.4 Å². The predicted octanol–water partition coefficient (Wildman–Crippen LogP) is 3.42. The van der Waals surface area contributed by atoms with Gasteiger partial charge in [0.2, 0.25) is 0 Å². The van der Waals surface area contributed by atoms with Crippen LogP contribution in [0.3, 0.4) is 0 Å². The number of carbonyl (C=O) groups excluding carboxylic acids is 1. The zero-order valence-electron chi connectivity index (χ0n) is 15.4. The van der Waals surface area contributed by atoms with E-state index in [2.05, 4.69) is 20.2 Å². The number of hydrogen-bond donors (Lipinski definition) is 1. The van der Waals surface area contributed by atoms with Crippen LogP contribution in [0.2, 0.25) is 0 Å². The number of likely N-dealkylation sites (N-methyl/N-ethyl adjacent to an activating group) is 1. The SMILES string of the molecule is COc1ccccc1C(=O)Nc1ccc(N(C)CCc2ccncc2)cn1. The Morgan fingerprint density at radius 3 is 2.59 bits per heavy atom. The van der Waals surface area contributed by atoms with Gasteiger partial charge in [-0.15, -0.1) is 0 Å². The lowest BCUT2D eigenvalue weighted by molar-refractivity contribution is 0.102. The van der Waals surface area contributed by atoms with Crippen LogP contribution >= 0.6 is 0 Å². The lowest BCUT2D eigenvalue weighted by Gasteiger charge is -2.19. The molecular weight excluding hydrogens is 340 g/mol. The molecule has 0 aliphatic carbocycles. The number of para-hydroxylation sites is 1. The molecule has 2 aromatic heterocycles. The summed E-state index contributed by atoms with van der Waals surface area (Å²) in [7, 11) is 3.56. The molecule has 0 aliphatic rings. The molecule has 1 N–H and O–H groups in total. The van der Waals surface area contributed by atoms with Crippen molar-refractivity contribution in [3.8, 4) is 5.75 Å². The van der Waals surface area contributed by atoms with Crippen LogP contribution in [0.5, 0.6) is 5.75 Å². The molecule has 138 valence electrons. The molecule has 3 aromatic rings. The Bertz CT molecular complexity index is 882. The Kier molecular flexibility index (Phi) is 5.99. The fraction of sp³-hybridized carbons (Fsp3) is 0.190. The normalized spacial score (nSPS) is 10.3. The summed E-state index contributed by atoms with van der Waals surface area (Å²) in [5.74, 6) is 0.776. The Morgan fingerprint density at radius 2 is 1.89 bits per heavy atom. The second-order valence-corrected chi connectivity index (χ2v) is 6.08. The van der Waals surface area contributed by atoms with Gasteiger partial charge in [0.25, 0.3) is 5.91 Å². The van der Waals surface area contributed by atoms with Gasteiger partial charge in [-0.1, -0.05) is 12.1 Å². The maximum absolute atomic E-state index is 12.4. The maximum atomic E-state index is 12.4. The molecule has 2 heterocycles. The second kappa shape index (κ2) is 8.80. The standard InChI is InChI=1S/C21H22N4O2/c1-25(14-11-16-9-12-22-13-10-16)17-7-8-20(23-15-17)24-21(26)18-5-3-4-6-19(18)27-2/h3-10,12-13,15H,11,14H2,1-2H3,(H,23,24,26). The number of methoxy groups -OCH3 is 1. The number of nitrogens with zero attached hydrogens (tertiary/aromatic N) is 3. The Morgan fingerprint density at radius 1 is 1.11 bits per heavy atom. The fourth-order valence-electron chi connectivity index (χ4n) is 2.68. The number of benzene rings is 1. The molecule has 0 atom stereocenters. The van der Waals surface area contributed by atoms with Gasteiger partial charge < -0.3 is 15.0 Å². The minimum atomic E-state index is -0.251. The van der Waals surface area contributed by atoms with Crippen LogP contribution < -0.4 is 15.0 Å². The van der Waals surface area contributed by atoms with Crippen molar-refractivity contribution in [1.29, 1.82) is 0 Å². The molecule has 0 unspecified atom stereocenters. The number of ether oxygens (including phenoxy) is 1. The highest BCUT2D eigenvalue weighted by molar-refractivity contribution is 6.05. The molecule has 0 saturated heterocycles. The van der Waals surface area contributed by atoms with Gasteiger partial charge in [0, 0.05) is 26.0 Å². The number of anilines is 2. The van der Waals surface area contributed by atoms with Crippen molar-refractivity contribution in [1.82, 2.24) is 9.97 Å². The van der Waals surface area contributed by atoms with E-state index < -0.39 is 0 Å². The Hall–Kier alpha value is -3.41. The van der Waals surface area contributed by atoms with Gasteiger partial charge in [-0.05, 0) is 48.4 Å². The van der Waals surface area contributed by atoms with Gasteiger partial charge in [0.15, 0.2) is 0 Å². The van der Waals surface area contributed by atoms with E-state index in [9.17, 15) is 4.79 Å². The fourth-order valence-corrected chi connectivity index (χ4v) is 2.68. The summed E-state index contributed by atoms with van der Waals surface area (Å²) in [5, 5.41) is 2.80. The van der Waals surface area contributed by atoms with E-state index >= 15 is 0 Å². The van der Waals surface area contributed by atoms with Gasteiger partial charge in [-0.25, -0.2) is 4.98 Å². The largest absolute Gasteiger partial charge is 0.496 e. The number of aromatic nitrogens is 2. The van der Waals surface area contributed by atoms with Gasteiger partial charge in [-0.3, -0.25) is 9.78 Å². The van der Waals surface area contributed by atoms with Crippen molar-refractivity contribution in [2.75, 3.05) is 30.9 Å². The van der Waals surface area contributed by atoms with E-state index in [0.717, 1.165) is 18.7 Å². The molecule has 27 heavy (non-hydrogen) atoms. The summed E-state index contributed by atoms with van der Waals surface area (Å²) < 4.78 is 5.23. The van der Waals surface area contributed by atoms with E-state index in [1.165, 1.54) is 5.56 Å². The van der Waals surface area contributed by atoms with Crippen molar-refractivity contribution in [3.05, 3.63) is 78.2 Å². The van der Waals surface area contributed by atoms with E-state index in [1.807, 2.05) is 31.3 Å². The summed E-state index contributed by atoms with van der Waals surface area (Å²) in [5.41, 5.74) is 2.70. The number of carbonyl (C=O) groups is 1. The number of nitrogens with one attached hydrogen (secondary N) is 1. The molecular formula is C21H22N4O2. The predicted molar refractivity (Wildman–Crippen MR) is 106 cm³/mol. The molecule has 1 aromatic carbocycles. The molecule has 0 bridgehead atoms. The summed E-state index contributed by atoms with van der Waals surface area (Å²) in [6.45, 7) is 0.860. The minimum Gasteiger partial charge on any atom is -0.496 e. The van der Waals surface area contributed by atoms with Crippen LogP contribution in [0, 0.1) is 0 Å². The van der Waals surface area contributed by atoms with Crippen LogP contribution in [0.4, 0.5) is 11.5 Å². The lowest BCUT2D eigenvalue weighted by atomic mass is 10.2. The topological polar surface area (TPSA) is 67.3 Å². The number of hydrogen-bond acceptors (Lipinski definition) is 5. The van der Waals surface area contributed by atoms with Crippen LogP contribution in [0.15, 0.2) is 67.1 Å². The summed E-state index contributed by atoms with van der Waals surface area (Å²) in [4.78, 5) is 22.9. The summed E-state index contributed by atoms with van der Waals surface area (Å²) in [6, 6.07) is 14.9. The molecule has 0 aliphatic heterocycles. The molecule has 0 saturated carbocycles. The van der Waals surface area contributed by atoms with E-state index in [4.69, 9.17) is 4.74 Å². The molecule has 0 radical (unpaired) electrons. The average Bonchev–Trinajstić information content (AvgIpc) is 2.73. The third kappa shape index (κ3) is 4.82. The number of rotatable bonds is 7. The van der Waals surface area contributed by atoms with Crippen molar-refractivity contribution < 1.29 is 9.53 Å². The third-order valence-electron chi connectivity index (χ3n) is 4.27. The second-order valence-electron chi connectivity index (χ2n) is 6.08. The molecule has 3 rings (SSSR count). The zero-order chi connectivity index (χ0) is 19.1. The van der Waals surface area contributed by atoms with Crippen LogP contribution in [-0.4, -0.2) is 36.6 Å². The van der Waals surface area contributed by atoms with Crippen LogP contribution in [0.25, 0.3) is 0 Å². The van der Waals surface area contributed by atoms with E-state index in [-0.39, 0.29) is 5.91 Å². The molecule has 0 spiro atoms. The first-order valence-electron chi connectivity index (χ1n) is 8.68. The zero-order valence-corrected chi connectivity index (χ0v) is 15.4. The van der Waals surface area contributed by atoms with Crippen LogP contribution in [0.1, 0.15) is 15.9 Å². The maximum Gasteiger partial charge on any atom is 0.260 e. The molecule has 0 fully saturated rings. The minimum absolute atomic E-state index is 0.251. The van der Waals surface area contributed by atoms with Gasteiger partial charge in [-0.2, -0.15) is 0 Å². The summed E-state index contributed by atoms with van der Waals surface area (Å²) in [6.07, 6.45) is 6.28. The van der Waals surface area contributed by atoms with Gasteiger partial charge >= 0.3 is 0 Å². The smallest absolute Gasteiger partial charge is 0.260 e. The third-order valence-corrected chi connectivity index (χ3v) is 4.27. The highest BCUT2D eigenvalue weighted by Crippen LogP contribution is 2.19. The number of pyridine rings is 2. The van der Waals surface area contributed by atoms with Crippen molar-refractivity contribution in [2.45, 2.75) is 6.42 Å². The highest BCUT2D eigenvalue weighted by Gasteiger charge is 2.12. The highest BCUT2D eigenvalue weighted by atomic mass is 16.5. The van der Waals surface area contributed by atoms with Crippen LogP contribution in [-0.2, 0) is 6.42 Å². The molecule has 6 nitrogen and oxygen atoms in total. The quantitative estimate of drug-likeness (QED) is 0.698. The van der Waals surface area contributed by atoms with Crippen molar-refractivity contribution in [2.24, 2.45) is 0 Å². The first kappa shape index (κ1) is 18.4. The summed E-state index contributed by atoms with van der Waals surface area (Å²) >= 11 is 0. The number of amides is 1.